The van der Waals surface area contributed by atoms with Crippen molar-refractivity contribution in [2.45, 2.75) is 32.7 Å². The number of nitrogens with one attached hydrogen (secondary N) is 1. The molecule has 5 heteroatoms. The third-order valence-electron chi connectivity index (χ3n) is 3.34. The standard InChI is InChI=1S/C15H24FN3O/c1-11(2)19(3)9-5-4-8-18-15(20)13-10-12(17)6-7-14(13)16/h6-7,10-11H,4-5,8-9,17H2,1-3H3,(H,18,20). The number of amides is 1. The van der Waals surface area contributed by atoms with Gasteiger partial charge in [0.05, 0.1) is 5.56 Å². The summed E-state index contributed by atoms with van der Waals surface area (Å²) in [7, 11) is 2.07. The molecule has 0 fully saturated rings. The van der Waals surface area contributed by atoms with E-state index in [0.717, 1.165) is 19.4 Å². The highest BCUT2D eigenvalue weighted by molar-refractivity contribution is 5.95. The van der Waals surface area contributed by atoms with Crippen molar-refractivity contribution in [2.24, 2.45) is 0 Å². The Morgan fingerprint density at radius 3 is 2.75 bits per heavy atom. The number of benzene rings is 1. The molecule has 1 aromatic rings. The van der Waals surface area contributed by atoms with Gasteiger partial charge in [-0.15, -0.1) is 0 Å². The average Bonchev–Trinajstić information content (AvgIpc) is 2.40. The van der Waals surface area contributed by atoms with Crippen LogP contribution < -0.4 is 11.1 Å². The highest BCUT2D eigenvalue weighted by Gasteiger charge is 2.11. The molecule has 0 heterocycles. The van der Waals surface area contributed by atoms with Gasteiger partial charge in [0.25, 0.3) is 5.91 Å². The molecule has 4 nitrogen and oxygen atoms in total. The second kappa shape index (κ2) is 7.85. The lowest BCUT2D eigenvalue weighted by Gasteiger charge is -2.20. The molecule has 0 unspecified atom stereocenters. The van der Waals surface area contributed by atoms with Crippen molar-refractivity contribution >= 4 is 11.6 Å². The van der Waals surface area contributed by atoms with E-state index in [0.29, 0.717) is 18.3 Å². The van der Waals surface area contributed by atoms with Gasteiger partial charge in [-0.05, 0) is 58.5 Å². The van der Waals surface area contributed by atoms with Gasteiger partial charge in [-0.1, -0.05) is 0 Å². The summed E-state index contributed by atoms with van der Waals surface area (Å²) in [5.41, 5.74) is 5.94. The Kier molecular flexibility index (Phi) is 6.45. The van der Waals surface area contributed by atoms with Crippen LogP contribution >= 0.6 is 0 Å². The molecular weight excluding hydrogens is 257 g/mol. The van der Waals surface area contributed by atoms with E-state index in [4.69, 9.17) is 5.73 Å². The summed E-state index contributed by atoms with van der Waals surface area (Å²) in [5.74, 6) is -0.955. The van der Waals surface area contributed by atoms with Crippen LogP contribution in [-0.4, -0.2) is 37.0 Å². The van der Waals surface area contributed by atoms with Gasteiger partial charge in [-0.25, -0.2) is 4.39 Å². The van der Waals surface area contributed by atoms with Crippen molar-refractivity contribution in [1.29, 1.82) is 0 Å². The second-order valence-corrected chi connectivity index (χ2v) is 5.28. The molecule has 0 aliphatic carbocycles. The van der Waals surface area contributed by atoms with Crippen LogP contribution in [0.3, 0.4) is 0 Å². The van der Waals surface area contributed by atoms with Gasteiger partial charge in [0.1, 0.15) is 5.82 Å². The minimum atomic E-state index is -0.545. The Balaban J connectivity index is 2.32. The molecule has 0 bridgehead atoms. The molecule has 1 aromatic carbocycles. The number of unbranched alkanes of at least 4 members (excludes halogenated alkanes) is 1. The molecule has 0 spiro atoms. The fourth-order valence-corrected chi connectivity index (χ4v) is 1.76. The smallest absolute Gasteiger partial charge is 0.254 e. The molecule has 0 atom stereocenters. The number of nitrogens with two attached hydrogens (primary N) is 1. The molecular formula is C15H24FN3O. The van der Waals surface area contributed by atoms with Crippen molar-refractivity contribution in [1.82, 2.24) is 10.2 Å². The van der Waals surface area contributed by atoms with Crippen LogP contribution in [0, 0.1) is 5.82 Å². The zero-order chi connectivity index (χ0) is 15.1. The Morgan fingerprint density at radius 2 is 2.10 bits per heavy atom. The highest BCUT2D eigenvalue weighted by Crippen LogP contribution is 2.11. The fourth-order valence-electron chi connectivity index (χ4n) is 1.76. The van der Waals surface area contributed by atoms with Crippen LogP contribution in [-0.2, 0) is 0 Å². The Morgan fingerprint density at radius 1 is 1.40 bits per heavy atom. The molecule has 0 radical (unpaired) electrons. The number of nitrogens with zero attached hydrogens (tertiary/aromatic N) is 1. The monoisotopic (exact) mass is 281 g/mol. The van der Waals surface area contributed by atoms with Crippen LogP contribution in [0.4, 0.5) is 10.1 Å². The van der Waals surface area contributed by atoms with Crippen LogP contribution in [0.25, 0.3) is 0 Å². The average molecular weight is 281 g/mol. The van der Waals surface area contributed by atoms with Crippen molar-refractivity contribution in [3.63, 3.8) is 0 Å². The third kappa shape index (κ3) is 5.17. The zero-order valence-corrected chi connectivity index (χ0v) is 12.4. The highest BCUT2D eigenvalue weighted by atomic mass is 19.1. The third-order valence-corrected chi connectivity index (χ3v) is 3.34. The van der Waals surface area contributed by atoms with E-state index in [9.17, 15) is 9.18 Å². The van der Waals surface area contributed by atoms with Crippen LogP contribution in [0.2, 0.25) is 0 Å². The summed E-state index contributed by atoms with van der Waals surface area (Å²) < 4.78 is 13.5. The SMILES string of the molecule is CC(C)N(C)CCCCNC(=O)c1cc(N)ccc1F. The van der Waals surface area contributed by atoms with Gasteiger partial charge in [-0.2, -0.15) is 0 Å². The summed E-state index contributed by atoms with van der Waals surface area (Å²) in [4.78, 5) is 14.1. The largest absolute Gasteiger partial charge is 0.399 e. The van der Waals surface area contributed by atoms with Crippen molar-refractivity contribution in [2.75, 3.05) is 25.9 Å². The summed E-state index contributed by atoms with van der Waals surface area (Å²) >= 11 is 0. The van der Waals surface area contributed by atoms with Crippen LogP contribution in [0.15, 0.2) is 18.2 Å². The Hall–Kier alpha value is -1.62. The van der Waals surface area contributed by atoms with Gasteiger partial charge < -0.3 is 16.0 Å². The molecule has 1 rings (SSSR count). The molecule has 0 saturated heterocycles. The first-order valence-electron chi connectivity index (χ1n) is 6.95. The lowest BCUT2D eigenvalue weighted by molar-refractivity contribution is 0.0948. The minimum absolute atomic E-state index is 0.00398. The van der Waals surface area contributed by atoms with E-state index >= 15 is 0 Å². The molecule has 0 aliphatic heterocycles. The Bertz CT molecular complexity index is 449. The molecule has 1 amide bonds. The maximum Gasteiger partial charge on any atom is 0.254 e. The summed E-state index contributed by atoms with van der Waals surface area (Å²) in [5, 5.41) is 2.72. The number of anilines is 1. The molecule has 3 N–H and O–H groups in total. The van der Waals surface area contributed by atoms with Crippen molar-refractivity contribution in [3.8, 4) is 0 Å². The van der Waals surface area contributed by atoms with Gasteiger partial charge in [0.15, 0.2) is 0 Å². The maximum atomic E-state index is 13.5. The predicted octanol–water partition coefficient (Wildman–Crippen LogP) is 2.26. The van der Waals surface area contributed by atoms with E-state index < -0.39 is 11.7 Å². The molecule has 0 aliphatic rings. The van der Waals surface area contributed by atoms with E-state index in [1.807, 2.05) is 0 Å². The summed E-state index contributed by atoms with van der Waals surface area (Å²) in [6.07, 6.45) is 1.86. The number of hydrogen-bond acceptors (Lipinski definition) is 3. The van der Waals surface area contributed by atoms with E-state index in [1.165, 1.54) is 18.2 Å². The first-order valence-corrected chi connectivity index (χ1v) is 6.95. The van der Waals surface area contributed by atoms with E-state index in [2.05, 4.69) is 31.1 Å². The maximum absolute atomic E-state index is 13.5. The first kappa shape index (κ1) is 16.4. The number of rotatable bonds is 7. The number of carbonyl (C=O) groups is 1. The number of carbonyl (C=O) groups excluding carboxylic acids is 1. The van der Waals surface area contributed by atoms with Gasteiger partial charge in [0, 0.05) is 18.3 Å². The molecule has 0 saturated carbocycles. The molecule has 0 aromatic heterocycles. The van der Waals surface area contributed by atoms with Crippen LogP contribution in [0.1, 0.15) is 37.0 Å². The summed E-state index contributed by atoms with van der Waals surface area (Å²) in [6.45, 7) is 5.81. The Labute approximate surface area is 120 Å². The normalized spacial score (nSPS) is 11.1. The number of nitrogen functional groups attached to an aromatic ring is 1. The first-order chi connectivity index (χ1) is 9.41. The van der Waals surface area contributed by atoms with Crippen molar-refractivity contribution < 1.29 is 9.18 Å². The molecule has 112 valence electrons. The number of halogens is 1. The minimum Gasteiger partial charge on any atom is -0.399 e. The van der Waals surface area contributed by atoms with E-state index in [-0.39, 0.29) is 5.56 Å². The topological polar surface area (TPSA) is 58.4 Å². The quantitative estimate of drug-likeness (QED) is 0.595. The van der Waals surface area contributed by atoms with Crippen molar-refractivity contribution in [3.05, 3.63) is 29.6 Å². The van der Waals surface area contributed by atoms with Gasteiger partial charge >= 0.3 is 0 Å². The van der Waals surface area contributed by atoms with E-state index in [1.54, 1.807) is 0 Å². The van der Waals surface area contributed by atoms with Gasteiger partial charge in [-0.3, -0.25) is 4.79 Å². The fraction of sp³-hybridized carbons (Fsp3) is 0.533. The number of hydrogen-bond donors (Lipinski definition) is 2. The lowest BCUT2D eigenvalue weighted by atomic mass is 10.1. The second-order valence-electron chi connectivity index (χ2n) is 5.28. The van der Waals surface area contributed by atoms with Crippen LogP contribution in [0.5, 0.6) is 0 Å². The summed E-state index contributed by atoms with van der Waals surface area (Å²) in [6, 6.07) is 4.53. The lowest BCUT2D eigenvalue weighted by Crippen LogP contribution is -2.29. The predicted molar refractivity (Wildman–Crippen MR) is 80.1 cm³/mol. The van der Waals surface area contributed by atoms with Gasteiger partial charge in [0.2, 0.25) is 0 Å². The zero-order valence-electron chi connectivity index (χ0n) is 12.4. The molecule has 20 heavy (non-hydrogen) atoms.